The van der Waals surface area contributed by atoms with Crippen LogP contribution in [-0.2, 0) is 11.2 Å². The molecule has 0 heterocycles. The van der Waals surface area contributed by atoms with E-state index in [2.05, 4.69) is 37.8 Å². The lowest BCUT2D eigenvalue weighted by molar-refractivity contribution is -0.121. The van der Waals surface area contributed by atoms with Crippen molar-refractivity contribution in [3.8, 4) is 11.8 Å². The monoisotopic (exact) mass is 360 g/mol. The fourth-order valence-electron chi connectivity index (χ4n) is 3.25. The van der Waals surface area contributed by atoms with Crippen LogP contribution in [0.3, 0.4) is 0 Å². The van der Waals surface area contributed by atoms with Gasteiger partial charge in [0.2, 0.25) is 0 Å². The summed E-state index contributed by atoms with van der Waals surface area (Å²) in [6.45, 7) is 7.55. The second kappa shape index (κ2) is 9.88. The van der Waals surface area contributed by atoms with E-state index in [0.717, 1.165) is 30.4 Å². The van der Waals surface area contributed by atoms with Crippen molar-refractivity contribution in [3.63, 3.8) is 0 Å². The van der Waals surface area contributed by atoms with Gasteiger partial charge in [-0.1, -0.05) is 50.0 Å². The molecule has 0 spiro atoms. The number of hydrogen-bond donors (Lipinski definition) is 0. The number of Topliss-reactive ketones (excluding diaryl/α,β-unsaturated/α-hetero) is 2. The normalized spacial score (nSPS) is 12.6. The van der Waals surface area contributed by atoms with E-state index in [4.69, 9.17) is 0 Å². The summed E-state index contributed by atoms with van der Waals surface area (Å²) in [5, 5.41) is 0. The molecule has 0 N–H and O–H groups in total. The van der Waals surface area contributed by atoms with Gasteiger partial charge in [0.25, 0.3) is 0 Å². The van der Waals surface area contributed by atoms with Gasteiger partial charge in [-0.25, -0.2) is 0 Å². The van der Waals surface area contributed by atoms with E-state index in [9.17, 15) is 9.59 Å². The molecule has 0 radical (unpaired) electrons. The molecule has 0 aliphatic heterocycles. The lowest BCUT2D eigenvalue weighted by Gasteiger charge is -2.17. The Balaban J connectivity index is 1.97. The fourth-order valence-corrected chi connectivity index (χ4v) is 3.25. The Hall–Kier alpha value is -2.66. The largest absolute Gasteiger partial charge is 0.300 e. The number of rotatable bonds is 7. The number of ketones is 2. The van der Waals surface area contributed by atoms with Gasteiger partial charge >= 0.3 is 0 Å². The van der Waals surface area contributed by atoms with Crippen molar-refractivity contribution in [3.05, 3.63) is 70.8 Å². The number of hydrogen-bond acceptors (Lipinski definition) is 2. The smallest absolute Gasteiger partial charge is 0.159 e. The third-order valence-corrected chi connectivity index (χ3v) is 4.94. The Kier molecular flexibility index (Phi) is 7.55. The quantitative estimate of drug-likeness (QED) is 0.484. The number of carbonyl (C=O) groups excluding carboxylic acids is 2. The molecule has 0 aromatic heterocycles. The molecule has 0 amide bonds. The minimum absolute atomic E-state index is 0.0629. The second-order valence-electron chi connectivity index (χ2n) is 7.34. The maximum Gasteiger partial charge on any atom is 0.159 e. The van der Waals surface area contributed by atoms with Crippen LogP contribution in [0, 0.1) is 23.7 Å². The SMILES string of the molecule is CCC(CC(C)Cc1ccc(C#Cc2ccc(C(C)=O)cc2)cc1)C(C)=O. The van der Waals surface area contributed by atoms with Crippen LogP contribution >= 0.6 is 0 Å². The Morgan fingerprint density at radius 3 is 1.85 bits per heavy atom. The molecule has 0 bridgehead atoms. The van der Waals surface area contributed by atoms with E-state index >= 15 is 0 Å². The number of benzene rings is 2. The topological polar surface area (TPSA) is 34.1 Å². The summed E-state index contributed by atoms with van der Waals surface area (Å²) in [7, 11) is 0. The van der Waals surface area contributed by atoms with Crippen LogP contribution in [-0.4, -0.2) is 11.6 Å². The molecule has 2 aromatic rings. The molecular formula is C25H28O2. The van der Waals surface area contributed by atoms with Gasteiger partial charge in [-0.2, -0.15) is 0 Å². The van der Waals surface area contributed by atoms with Crippen LogP contribution in [0.5, 0.6) is 0 Å². The van der Waals surface area contributed by atoms with Gasteiger partial charge < -0.3 is 0 Å². The Morgan fingerprint density at radius 1 is 0.889 bits per heavy atom. The van der Waals surface area contributed by atoms with Crippen molar-refractivity contribution in [1.82, 2.24) is 0 Å². The molecule has 2 aromatic carbocycles. The van der Waals surface area contributed by atoms with Gasteiger partial charge in [0.05, 0.1) is 0 Å². The van der Waals surface area contributed by atoms with E-state index in [1.165, 1.54) is 5.56 Å². The lowest BCUT2D eigenvalue weighted by Crippen LogP contribution is -2.15. The zero-order valence-electron chi connectivity index (χ0n) is 16.7. The molecule has 2 unspecified atom stereocenters. The van der Waals surface area contributed by atoms with Crippen LogP contribution < -0.4 is 0 Å². The highest BCUT2D eigenvalue weighted by molar-refractivity contribution is 5.94. The van der Waals surface area contributed by atoms with Crippen LogP contribution in [0.25, 0.3) is 0 Å². The maximum absolute atomic E-state index is 11.6. The minimum Gasteiger partial charge on any atom is -0.300 e. The first-order valence-corrected chi connectivity index (χ1v) is 9.61. The van der Waals surface area contributed by atoms with E-state index in [1.54, 1.807) is 26.0 Å². The summed E-state index contributed by atoms with van der Waals surface area (Å²) in [6, 6.07) is 15.7. The van der Waals surface area contributed by atoms with Crippen molar-refractivity contribution in [2.24, 2.45) is 11.8 Å². The highest BCUT2D eigenvalue weighted by Crippen LogP contribution is 2.20. The van der Waals surface area contributed by atoms with Crippen LogP contribution in [0.4, 0.5) is 0 Å². The Bertz CT molecular complexity index is 833. The average molecular weight is 360 g/mol. The molecule has 0 saturated heterocycles. The predicted octanol–water partition coefficient (Wildman–Crippen LogP) is 5.47. The van der Waals surface area contributed by atoms with E-state index in [-0.39, 0.29) is 11.7 Å². The van der Waals surface area contributed by atoms with Crippen LogP contribution in [0.15, 0.2) is 48.5 Å². The highest BCUT2D eigenvalue weighted by atomic mass is 16.1. The van der Waals surface area contributed by atoms with Gasteiger partial charge in [-0.3, -0.25) is 9.59 Å². The van der Waals surface area contributed by atoms with Crippen molar-refractivity contribution >= 4 is 11.6 Å². The Morgan fingerprint density at radius 2 is 1.41 bits per heavy atom. The third-order valence-electron chi connectivity index (χ3n) is 4.94. The summed E-state index contributed by atoms with van der Waals surface area (Å²) in [6.07, 6.45) is 2.84. The first-order valence-electron chi connectivity index (χ1n) is 9.61. The van der Waals surface area contributed by atoms with Crippen molar-refractivity contribution < 1.29 is 9.59 Å². The van der Waals surface area contributed by atoms with Crippen LogP contribution in [0.2, 0.25) is 0 Å². The predicted molar refractivity (Wildman–Crippen MR) is 111 cm³/mol. The summed E-state index contributed by atoms with van der Waals surface area (Å²) in [5.74, 6) is 7.32. The summed E-state index contributed by atoms with van der Waals surface area (Å²) < 4.78 is 0. The summed E-state index contributed by atoms with van der Waals surface area (Å²) >= 11 is 0. The van der Waals surface area contributed by atoms with Crippen molar-refractivity contribution in [1.29, 1.82) is 0 Å². The molecule has 2 nitrogen and oxygen atoms in total. The van der Waals surface area contributed by atoms with Gasteiger partial charge in [0.1, 0.15) is 5.78 Å². The van der Waals surface area contributed by atoms with Crippen molar-refractivity contribution in [2.75, 3.05) is 0 Å². The van der Waals surface area contributed by atoms with Crippen LogP contribution in [0.1, 0.15) is 67.6 Å². The minimum atomic E-state index is 0.0629. The fraction of sp³-hybridized carbons (Fsp3) is 0.360. The standard InChI is InChI=1S/C25H28O2/c1-5-24(19(3)26)17-18(2)16-23-10-8-21(9-11-23)6-7-22-12-14-25(15-13-22)20(4)27/h8-15,18,24H,5,16-17H2,1-4H3. The molecule has 0 saturated carbocycles. The van der Waals surface area contributed by atoms with Gasteiger partial charge in [0, 0.05) is 22.6 Å². The van der Waals surface area contributed by atoms with Crippen molar-refractivity contribution in [2.45, 2.75) is 47.0 Å². The first-order chi connectivity index (χ1) is 12.9. The molecule has 0 aliphatic carbocycles. The first kappa shape index (κ1) is 20.6. The molecule has 0 fully saturated rings. The van der Waals surface area contributed by atoms with Gasteiger partial charge in [-0.15, -0.1) is 0 Å². The molecular weight excluding hydrogens is 332 g/mol. The lowest BCUT2D eigenvalue weighted by atomic mass is 9.87. The van der Waals surface area contributed by atoms with E-state index in [0.29, 0.717) is 17.3 Å². The number of carbonyl (C=O) groups is 2. The highest BCUT2D eigenvalue weighted by Gasteiger charge is 2.15. The summed E-state index contributed by atoms with van der Waals surface area (Å²) in [5.41, 5.74) is 3.84. The van der Waals surface area contributed by atoms with Gasteiger partial charge in [-0.05, 0) is 68.9 Å². The molecule has 2 atom stereocenters. The Labute approximate surface area is 163 Å². The third kappa shape index (κ3) is 6.53. The average Bonchev–Trinajstić information content (AvgIpc) is 2.65. The molecule has 140 valence electrons. The van der Waals surface area contributed by atoms with Gasteiger partial charge in [0.15, 0.2) is 5.78 Å². The zero-order chi connectivity index (χ0) is 19.8. The molecule has 27 heavy (non-hydrogen) atoms. The second-order valence-corrected chi connectivity index (χ2v) is 7.34. The molecule has 0 aliphatic rings. The maximum atomic E-state index is 11.6. The zero-order valence-corrected chi connectivity index (χ0v) is 16.7. The molecule has 2 rings (SSSR count). The van der Waals surface area contributed by atoms with E-state index < -0.39 is 0 Å². The molecule has 2 heteroatoms. The summed E-state index contributed by atoms with van der Waals surface area (Å²) in [4.78, 5) is 22.9. The van der Waals surface area contributed by atoms with E-state index in [1.807, 2.05) is 24.3 Å².